The zero-order valence-corrected chi connectivity index (χ0v) is 19.8. The van der Waals surface area contributed by atoms with Crippen molar-refractivity contribution in [2.45, 2.75) is 39.5 Å². The fourth-order valence-corrected chi connectivity index (χ4v) is 3.85. The van der Waals surface area contributed by atoms with Crippen molar-refractivity contribution >= 4 is 41.5 Å². The highest BCUT2D eigenvalue weighted by atomic mass is 16.4. The zero-order valence-electron chi connectivity index (χ0n) is 19.8. The van der Waals surface area contributed by atoms with Crippen LogP contribution < -0.4 is 5.32 Å². The highest BCUT2D eigenvalue weighted by Crippen LogP contribution is 2.35. The molecule has 36 heavy (non-hydrogen) atoms. The second kappa shape index (κ2) is 11.2. The zero-order chi connectivity index (χ0) is 26.4. The van der Waals surface area contributed by atoms with Crippen molar-refractivity contribution in [3.63, 3.8) is 0 Å². The third-order valence-electron chi connectivity index (χ3n) is 5.98. The van der Waals surface area contributed by atoms with Gasteiger partial charge in [0.2, 0.25) is 0 Å². The van der Waals surface area contributed by atoms with Crippen molar-refractivity contribution in [1.29, 1.82) is 0 Å². The van der Waals surface area contributed by atoms with Gasteiger partial charge in [0.25, 0.3) is 5.91 Å². The van der Waals surface area contributed by atoms with E-state index in [-0.39, 0.29) is 24.5 Å². The molecule has 6 N–H and O–H groups in total. The number of carbonyl (C=O) groups excluding carboxylic acids is 2. The molecule has 1 aliphatic heterocycles. The van der Waals surface area contributed by atoms with Crippen LogP contribution in [0.25, 0.3) is 11.6 Å². The van der Waals surface area contributed by atoms with Gasteiger partial charge in [-0.25, -0.2) is 0 Å². The van der Waals surface area contributed by atoms with Crippen LogP contribution in [-0.4, -0.2) is 49.4 Å². The number of carboxylic acids is 2. The molecule has 0 bridgehead atoms. The Kier molecular flexibility index (Phi) is 8.11. The standard InChI is InChI=1S/C17H16N2O4.C9H11NO3/c1-9-10(2-5-16(21)22)8-18-14(9)7-13-12-4-3-11(20)6-15(12)19-17(13)23;1-6-7(2-3-9(12)13)4-10-8(6)5-11/h3-4,6-8,18,20H,2,5H2,1H3,(H,19,23)(H,21,22);4-5,10H,2-3H2,1H3,(H,12,13). The lowest BCUT2D eigenvalue weighted by molar-refractivity contribution is -0.138. The number of phenols is 1. The molecule has 0 atom stereocenters. The molecular weight excluding hydrogens is 466 g/mol. The fourth-order valence-electron chi connectivity index (χ4n) is 3.85. The maximum absolute atomic E-state index is 12.1. The molecule has 0 fully saturated rings. The van der Waals surface area contributed by atoms with E-state index in [0.29, 0.717) is 29.8 Å². The smallest absolute Gasteiger partial charge is 0.303 e. The monoisotopic (exact) mass is 493 g/mol. The van der Waals surface area contributed by atoms with Crippen LogP contribution in [0.2, 0.25) is 0 Å². The summed E-state index contributed by atoms with van der Waals surface area (Å²) in [5.41, 5.74) is 6.71. The Morgan fingerprint density at radius 1 is 0.917 bits per heavy atom. The van der Waals surface area contributed by atoms with Crippen LogP contribution in [-0.2, 0) is 27.2 Å². The number of hydrogen-bond acceptors (Lipinski definition) is 5. The number of aldehydes is 1. The van der Waals surface area contributed by atoms with E-state index in [1.165, 1.54) is 12.1 Å². The molecule has 0 saturated carbocycles. The number of amides is 1. The Morgan fingerprint density at radius 3 is 2.00 bits per heavy atom. The van der Waals surface area contributed by atoms with E-state index in [4.69, 9.17) is 10.2 Å². The first kappa shape index (κ1) is 26.0. The van der Waals surface area contributed by atoms with Gasteiger partial charge in [0.1, 0.15) is 5.75 Å². The van der Waals surface area contributed by atoms with Crippen molar-refractivity contribution in [3.05, 3.63) is 69.8 Å². The lowest BCUT2D eigenvalue weighted by Crippen LogP contribution is -2.03. The summed E-state index contributed by atoms with van der Waals surface area (Å²) in [5, 5.41) is 29.4. The summed E-state index contributed by atoms with van der Waals surface area (Å²) in [6.45, 7) is 3.70. The number of rotatable bonds is 8. The predicted octanol–water partition coefficient (Wildman–Crippen LogP) is 3.69. The molecule has 0 radical (unpaired) electrons. The van der Waals surface area contributed by atoms with Crippen LogP contribution in [0.1, 0.15) is 56.8 Å². The number of nitrogens with one attached hydrogen (secondary N) is 3. The fraction of sp³-hybridized carbons (Fsp3) is 0.231. The average Bonchev–Trinajstić information content (AvgIpc) is 3.46. The van der Waals surface area contributed by atoms with Gasteiger partial charge in [-0.3, -0.25) is 19.2 Å². The molecule has 0 saturated heterocycles. The third kappa shape index (κ3) is 6.09. The van der Waals surface area contributed by atoms with E-state index in [2.05, 4.69) is 15.3 Å². The van der Waals surface area contributed by atoms with Gasteiger partial charge in [-0.05, 0) is 67.2 Å². The Labute approximate surface area is 206 Å². The molecule has 0 spiro atoms. The van der Waals surface area contributed by atoms with Gasteiger partial charge in [0.05, 0.1) is 17.0 Å². The van der Waals surface area contributed by atoms with Gasteiger partial charge in [0.15, 0.2) is 6.29 Å². The van der Waals surface area contributed by atoms with E-state index in [1.807, 2.05) is 6.92 Å². The molecule has 3 aromatic rings. The van der Waals surface area contributed by atoms with Gasteiger partial charge in [-0.15, -0.1) is 0 Å². The summed E-state index contributed by atoms with van der Waals surface area (Å²) >= 11 is 0. The second-order valence-electron chi connectivity index (χ2n) is 8.35. The number of H-pyrrole nitrogens is 2. The largest absolute Gasteiger partial charge is 0.508 e. The summed E-state index contributed by atoms with van der Waals surface area (Å²) in [7, 11) is 0. The van der Waals surface area contributed by atoms with Gasteiger partial charge in [-0.1, -0.05) is 0 Å². The van der Waals surface area contributed by atoms with E-state index in [9.17, 15) is 24.3 Å². The van der Waals surface area contributed by atoms with Gasteiger partial charge in [0, 0.05) is 42.6 Å². The average molecular weight is 494 g/mol. The van der Waals surface area contributed by atoms with Crippen LogP contribution in [0.15, 0.2) is 30.6 Å². The molecular formula is C26H27N3O7. The summed E-state index contributed by atoms with van der Waals surface area (Å²) in [4.78, 5) is 49.4. The van der Waals surface area contributed by atoms with Crippen molar-refractivity contribution in [2.75, 3.05) is 5.32 Å². The molecule has 1 aliphatic rings. The third-order valence-corrected chi connectivity index (χ3v) is 5.98. The lowest BCUT2D eigenvalue weighted by atomic mass is 10.0. The van der Waals surface area contributed by atoms with Crippen molar-refractivity contribution in [2.24, 2.45) is 0 Å². The lowest BCUT2D eigenvalue weighted by Gasteiger charge is -2.00. The SMILES string of the molecule is Cc1c(CCC(=O)O)c[nH]c1C=C1C(=O)Nc2cc(O)ccc21.Cc1c(CCC(=O)O)c[nH]c1C=O. The first-order valence-electron chi connectivity index (χ1n) is 11.2. The quantitative estimate of drug-likeness (QED) is 0.205. The number of benzene rings is 1. The first-order valence-corrected chi connectivity index (χ1v) is 11.2. The molecule has 10 nitrogen and oxygen atoms in total. The van der Waals surface area contributed by atoms with Gasteiger partial charge < -0.3 is 30.6 Å². The van der Waals surface area contributed by atoms with E-state index < -0.39 is 11.9 Å². The Balaban J connectivity index is 0.000000236. The molecule has 10 heteroatoms. The highest BCUT2D eigenvalue weighted by Gasteiger charge is 2.24. The van der Waals surface area contributed by atoms with Crippen LogP contribution in [0, 0.1) is 13.8 Å². The van der Waals surface area contributed by atoms with E-state index in [0.717, 1.165) is 39.8 Å². The highest BCUT2D eigenvalue weighted by molar-refractivity contribution is 6.35. The number of aryl methyl sites for hydroxylation is 2. The molecule has 4 rings (SSSR count). The number of aliphatic carboxylic acids is 2. The van der Waals surface area contributed by atoms with E-state index >= 15 is 0 Å². The van der Waals surface area contributed by atoms with Crippen LogP contribution in [0.5, 0.6) is 5.75 Å². The number of fused-ring (bicyclic) bond motifs is 1. The van der Waals surface area contributed by atoms with Crippen LogP contribution in [0.3, 0.4) is 0 Å². The summed E-state index contributed by atoms with van der Waals surface area (Å²) < 4.78 is 0. The molecule has 1 amide bonds. The minimum Gasteiger partial charge on any atom is -0.508 e. The van der Waals surface area contributed by atoms with Crippen molar-refractivity contribution in [1.82, 2.24) is 9.97 Å². The number of phenolic OH excluding ortho intramolecular Hbond substituents is 1. The van der Waals surface area contributed by atoms with E-state index in [1.54, 1.807) is 31.5 Å². The van der Waals surface area contributed by atoms with Crippen molar-refractivity contribution < 1.29 is 34.5 Å². The topological polar surface area (TPSA) is 173 Å². The number of carbonyl (C=O) groups is 4. The second-order valence-corrected chi connectivity index (χ2v) is 8.35. The Bertz CT molecular complexity index is 1350. The number of aromatic amines is 2. The Morgan fingerprint density at radius 2 is 1.47 bits per heavy atom. The number of aromatic hydroxyl groups is 1. The molecule has 3 heterocycles. The number of hydrogen-bond donors (Lipinski definition) is 6. The Hall–Kier alpha value is -4.60. The van der Waals surface area contributed by atoms with Gasteiger partial charge >= 0.3 is 11.9 Å². The predicted molar refractivity (Wildman–Crippen MR) is 133 cm³/mol. The number of carboxylic acid groups (broad SMARTS) is 2. The van der Waals surface area contributed by atoms with Crippen LogP contribution in [0.4, 0.5) is 5.69 Å². The molecule has 1 aromatic carbocycles. The summed E-state index contributed by atoms with van der Waals surface area (Å²) in [6, 6.07) is 4.73. The molecule has 2 aromatic heterocycles. The number of anilines is 1. The first-order chi connectivity index (χ1) is 17.1. The molecule has 188 valence electrons. The summed E-state index contributed by atoms with van der Waals surface area (Å²) in [6.07, 6.45) is 7.01. The normalized spacial score (nSPS) is 13.1. The molecule has 0 unspecified atom stereocenters. The minimum absolute atomic E-state index is 0.0668. The number of aromatic nitrogens is 2. The van der Waals surface area contributed by atoms with Gasteiger partial charge in [-0.2, -0.15) is 0 Å². The minimum atomic E-state index is -0.839. The summed E-state index contributed by atoms with van der Waals surface area (Å²) in [5.74, 6) is -1.80. The molecule has 0 aliphatic carbocycles. The van der Waals surface area contributed by atoms with Crippen molar-refractivity contribution in [3.8, 4) is 5.75 Å². The maximum Gasteiger partial charge on any atom is 0.303 e. The van der Waals surface area contributed by atoms with Crippen LogP contribution >= 0.6 is 0 Å². The maximum atomic E-state index is 12.1.